The van der Waals surface area contributed by atoms with Crippen LogP contribution in [0.25, 0.3) is 0 Å². The normalized spacial score (nSPS) is 17.4. The molecule has 2 aromatic rings. The van der Waals surface area contributed by atoms with E-state index in [2.05, 4.69) is 0 Å². The van der Waals surface area contributed by atoms with Gasteiger partial charge < -0.3 is 20.1 Å². The van der Waals surface area contributed by atoms with Crippen molar-refractivity contribution >= 4 is 0 Å². The van der Waals surface area contributed by atoms with E-state index in [-0.39, 0.29) is 17.2 Å². The van der Waals surface area contributed by atoms with Gasteiger partial charge in [-0.1, -0.05) is 12.1 Å². The number of aryl methyl sites for hydroxylation is 1. The molecular formula is C15H14O4. The molecule has 19 heavy (non-hydrogen) atoms. The number of hydrogen-bond donors (Lipinski definition) is 3. The van der Waals surface area contributed by atoms with Crippen molar-refractivity contribution < 1.29 is 20.1 Å². The first kappa shape index (κ1) is 11.9. The molecule has 0 saturated carbocycles. The molecule has 1 atom stereocenters. The Morgan fingerprint density at radius 3 is 2.37 bits per heavy atom. The van der Waals surface area contributed by atoms with Crippen LogP contribution in [0, 0.1) is 6.92 Å². The Morgan fingerprint density at radius 2 is 1.68 bits per heavy atom. The van der Waals surface area contributed by atoms with Gasteiger partial charge in [-0.05, 0) is 36.2 Å². The highest BCUT2D eigenvalue weighted by atomic mass is 16.5. The summed E-state index contributed by atoms with van der Waals surface area (Å²) in [6, 6.07) is 8.12. The summed E-state index contributed by atoms with van der Waals surface area (Å²) in [5, 5.41) is 29.9. The van der Waals surface area contributed by atoms with Gasteiger partial charge in [-0.3, -0.25) is 0 Å². The van der Waals surface area contributed by atoms with E-state index in [4.69, 9.17) is 4.74 Å². The van der Waals surface area contributed by atoms with Gasteiger partial charge >= 0.3 is 0 Å². The van der Waals surface area contributed by atoms with Crippen molar-refractivity contribution in [2.24, 2.45) is 0 Å². The molecule has 0 saturated heterocycles. The number of ether oxygens (including phenoxy) is 1. The Bertz CT molecular complexity index is 629. The fourth-order valence-corrected chi connectivity index (χ4v) is 2.57. The summed E-state index contributed by atoms with van der Waals surface area (Å²) < 4.78 is 5.63. The summed E-state index contributed by atoms with van der Waals surface area (Å²) in [5.74, 6) is 0.0378. The van der Waals surface area contributed by atoms with Gasteiger partial charge in [-0.2, -0.15) is 0 Å². The van der Waals surface area contributed by atoms with Crippen LogP contribution in [0.1, 0.15) is 28.4 Å². The lowest BCUT2D eigenvalue weighted by molar-refractivity contribution is 0.0893. The van der Waals surface area contributed by atoms with Gasteiger partial charge in [0.05, 0.1) is 12.2 Å². The average molecular weight is 258 g/mol. The van der Waals surface area contributed by atoms with Gasteiger partial charge in [-0.15, -0.1) is 0 Å². The molecule has 1 aliphatic heterocycles. The molecule has 2 aromatic carbocycles. The first-order valence-electron chi connectivity index (χ1n) is 6.02. The highest BCUT2D eigenvalue weighted by Crippen LogP contribution is 2.46. The SMILES string of the molecule is Cc1cc(O)c2c(c1)CO[C@H]2c1c(O)cccc1O. The summed E-state index contributed by atoms with van der Waals surface area (Å²) in [6.07, 6.45) is -0.642. The van der Waals surface area contributed by atoms with Gasteiger partial charge in [-0.25, -0.2) is 0 Å². The Labute approximate surface area is 110 Å². The van der Waals surface area contributed by atoms with Crippen LogP contribution in [0.3, 0.4) is 0 Å². The number of fused-ring (bicyclic) bond motifs is 1. The second kappa shape index (κ2) is 4.17. The molecule has 0 spiro atoms. The summed E-state index contributed by atoms with van der Waals surface area (Å²) in [7, 11) is 0. The molecule has 1 aliphatic rings. The molecule has 4 nitrogen and oxygen atoms in total. The lowest BCUT2D eigenvalue weighted by atomic mass is 9.95. The fraction of sp³-hybridized carbons (Fsp3) is 0.200. The lowest BCUT2D eigenvalue weighted by Crippen LogP contribution is -2.00. The average Bonchev–Trinajstić information content (AvgIpc) is 2.72. The van der Waals surface area contributed by atoms with Gasteiger partial charge in [0.15, 0.2) is 0 Å². The maximum Gasteiger partial charge on any atom is 0.125 e. The predicted molar refractivity (Wildman–Crippen MR) is 69.2 cm³/mol. The number of rotatable bonds is 1. The Balaban J connectivity index is 2.18. The first-order valence-corrected chi connectivity index (χ1v) is 6.02. The van der Waals surface area contributed by atoms with Crippen LogP contribution < -0.4 is 0 Å². The summed E-state index contributed by atoms with van der Waals surface area (Å²) in [6.45, 7) is 2.24. The van der Waals surface area contributed by atoms with Crippen molar-refractivity contribution in [3.8, 4) is 17.2 Å². The van der Waals surface area contributed by atoms with Gasteiger partial charge in [0.25, 0.3) is 0 Å². The Kier molecular flexibility index (Phi) is 2.61. The largest absolute Gasteiger partial charge is 0.508 e. The molecule has 0 bridgehead atoms. The third kappa shape index (κ3) is 1.81. The van der Waals surface area contributed by atoms with Crippen LogP contribution >= 0.6 is 0 Å². The summed E-state index contributed by atoms with van der Waals surface area (Å²) in [5.41, 5.74) is 2.73. The third-order valence-corrected chi connectivity index (χ3v) is 3.38. The maximum atomic E-state index is 10.1. The molecule has 3 N–H and O–H groups in total. The fourth-order valence-electron chi connectivity index (χ4n) is 2.57. The highest BCUT2D eigenvalue weighted by molar-refractivity contribution is 5.55. The number of phenolic OH excluding ortho intramolecular Hbond substituents is 3. The van der Waals surface area contributed by atoms with Crippen molar-refractivity contribution in [1.29, 1.82) is 0 Å². The van der Waals surface area contributed by atoms with Crippen molar-refractivity contribution in [2.75, 3.05) is 0 Å². The van der Waals surface area contributed by atoms with Gasteiger partial charge in [0.2, 0.25) is 0 Å². The number of hydrogen-bond acceptors (Lipinski definition) is 4. The van der Waals surface area contributed by atoms with Crippen LogP contribution in [0.2, 0.25) is 0 Å². The van der Waals surface area contributed by atoms with E-state index in [1.165, 1.54) is 12.1 Å². The van der Waals surface area contributed by atoms with Crippen molar-refractivity contribution in [1.82, 2.24) is 0 Å². The molecule has 1 heterocycles. The Morgan fingerprint density at radius 1 is 1.00 bits per heavy atom. The van der Waals surface area contributed by atoms with Crippen molar-refractivity contribution in [2.45, 2.75) is 19.6 Å². The quantitative estimate of drug-likeness (QED) is 0.735. The van der Waals surface area contributed by atoms with Crippen LogP contribution in [-0.2, 0) is 11.3 Å². The van der Waals surface area contributed by atoms with E-state index in [1.807, 2.05) is 13.0 Å². The Hall–Kier alpha value is -2.20. The molecule has 0 amide bonds. The van der Waals surface area contributed by atoms with Gasteiger partial charge in [0, 0.05) is 5.56 Å². The molecule has 0 aromatic heterocycles. The van der Waals surface area contributed by atoms with Crippen LogP contribution in [0.4, 0.5) is 0 Å². The van der Waals surface area contributed by atoms with Crippen LogP contribution in [0.5, 0.6) is 17.2 Å². The predicted octanol–water partition coefficient (Wildman–Crippen LogP) is 2.73. The zero-order valence-corrected chi connectivity index (χ0v) is 10.4. The summed E-state index contributed by atoms with van der Waals surface area (Å²) >= 11 is 0. The molecule has 0 aliphatic carbocycles. The minimum absolute atomic E-state index is 0.0437. The smallest absolute Gasteiger partial charge is 0.125 e. The molecule has 0 unspecified atom stereocenters. The maximum absolute atomic E-state index is 10.1. The monoisotopic (exact) mass is 258 g/mol. The third-order valence-electron chi connectivity index (χ3n) is 3.38. The zero-order chi connectivity index (χ0) is 13.6. The molecule has 4 heteroatoms. The summed E-state index contributed by atoms with van der Waals surface area (Å²) in [4.78, 5) is 0. The van der Waals surface area contributed by atoms with E-state index in [9.17, 15) is 15.3 Å². The number of aromatic hydroxyl groups is 3. The van der Waals surface area contributed by atoms with Crippen LogP contribution in [0.15, 0.2) is 30.3 Å². The van der Waals surface area contributed by atoms with E-state index in [0.29, 0.717) is 17.7 Å². The molecule has 0 radical (unpaired) electrons. The highest BCUT2D eigenvalue weighted by Gasteiger charge is 2.32. The molecule has 98 valence electrons. The minimum atomic E-state index is -0.642. The molecular weight excluding hydrogens is 244 g/mol. The minimum Gasteiger partial charge on any atom is -0.508 e. The second-order valence-corrected chi connectivity index (χ2v) is 4.76. The number of benzene rings is 2. The van der Waals surface area contributed by atoms with E-state index in [0.717, 1.165) is 11.1 Å². The van der Waals surface area contributed by atoms with Crippen molar-refractivity contribution in [3.63, 3.8) is 0 Å². The topological polar surface area (TPSA) is 69.9 Å². The van der Waals surface area contributed by atoms with E-state index < -0.39 is 6.10 Å². The number of phenols is 3. The van der Waals surface area contributed by atoms with Crippen LogP contribution in [-0.4, -0.2) is 15.3 Å². The first-order chi connectivity index (χ1) is 9.08. The lowest BCUT2D eigenvalue weighted by Gasteiger charge is -2.16. The standard InChI is InChI=1S/C15H14O4/c1-8-5-9-7-19-15(13(9)12(18)6-8)14-10(16)3-2-4-11(14)17/h2-6,15-18H,7H2,1H3/t15-/m1/s1. The van der Waals surface area contributed by atoms with Gasteiger partial charge in [0.1, 0.15) is 23.4 Å². The molecule has 0 fully saturated rings. The van der Waals surface area contributed by atoms with Crippen molar-refractivity contribution in [3.05, 3.63) is 52.6 Å². The van der Waals surface area contributed by atoms with E-state index in [1.54, 1.807) is 12.1 Å². The zero-order valence-electron chi connectivity index (χ0n) is 10.4. The van der Waals surface area contributed by atoms with E-state index >= 15 is 0 Å². The second-order valence-electron chi connectivity index (χ2n) is 4.76. The molecule has 3 rings (SSSR count).